The van der Waals surface area contributed by atoms with Crippen molar-refractivity contribution in [2.24, 2.45) is 0 Å². The van der Waals surface area contributed by atoms with Crippen LogP contribution in [0.1, 0.15) is 31.3 Å². The summed E-state index contributed by atoms with van der Waals surface area (Å²) in [5, 5.41) is 3.09. The first-order valence-corrected chi connectivity index (χ1v) is 13.3. The lowest BCUT2D eigenvalue weighted by atomic mass is 10.0. The second-order valence-electron chi connectivity index (χ2n) is 9.55. The van der Waals surface area contributed by atoms with Gasteiger partial charge in [0.05, 0.1) is 23.5 Å². The quantitative estimate of drug-likeness (QED) is 0.255. The van der Waals surface area contributed by atoms with Crippen molar-refractivity contribution in [1.29, 1.82) is 0 Å². The Morgan fingerprint density at radius 2 is 1.44 bits per heavy atom. The fraction of sp³-hybridized carbons (Fsp3) is 0.182. The number of hydrogen-bond acceptors (Lipinski definition) is 3. The first-order valence-electron chi connectivity index (χ1n) is 13.3. The average molecular weight is 517 g/mol. The van der Waals surface area contributed by atoms with Crippen LogP contribution in [0.2, 0.25) is 0 Å². The summed E-state index contributed by atoms with van der Waals surface area (Å²) >= 11 is 0. The van der Waals surface area contributed by atoms with Crippen LogP contribution in [0.4, 0.5) is 5.69 Å². The molecule has 6 heteroatoms. The van der Waals surface area contributed by atoms with Crippen molar-refractivity contribution in [3.05, 3.63) is 121 Å². The normalized spacial score (nSPS) is 11.7. The van der Waals surface area contributed by atoms with E-state index >= 15 is 0 Å². The summed E-state index contributed by atoms with van der Waals surface area (Å²) in [5.41, 5.74) is 5.70. The summed E-state index contributed by atoms with van der Waals surface area (Å²) in [6.07, 6.45) is 0.260. The molecule has 0 bridgehead atoms. The van der Waals surface area contributed by atoms with Gasteiger partial charge in [0.25, 0.3) is 0 Å². The lowest BCUT2D eigenvalue weighted by Crippen LogP contribution is -2.35. The highest BCUT2D eigenvalue weighted by atomic mass is 16.2. The molecule has 1 heterocycles. The van der Waals surface area contributed by atoms with Crippen molar-refractivity contribution < 1.29 is 9.59 Å². The minimum absolute atomic E-state index is 0.0369. The number of aromatic nitrogens is 2. The number of anilines is 1. The number of nitrogens with zero attached hydrogens (tertiary/aromatic N) is 3. The molecule has 2 amide bonds. The molecule has 0 radical (unpaired) electrons. The van der Waals surface area contributed by atoms with Crippen LogP contribution in [0.15, 0.2) is 109 Å². The molecular weight excluding hydrogens is 484 g/mol. The van der Waals surface area contributed by atoms with Crippen LogP contribution in [0.5, 0.6) is 0 Å². The smallest absolute Gasteiger partial charge is 0.246 e. The molecule has 1 atom stereocenters. The molecule has 0 fully saturated rings. The first kappa shape index (κ1) is 25.9. The number of hydrogen-bond donors (Lipinski definition) is 1. The van der Waals surface area contributed by atoms with Gasteiger partial charge in [0.1, 0.15) is 12.4 Å². The Morgan fingerprint density at radius 3 is 2.13 bits per heavy atom. The third-order valence-electron chi connectivity index (χ3n) is 6.85. The number of nitrogens with one attached hydrogen (secondary N) is 1. The van der Waals surface area contributed by atoms with Gasteiger partial charge in [-0.2, -0.15) is 0 Å². The number of imidazole rings is 1. The zero-order valence-electron chi connectivity index (χ0n) is 22.2. The Balaban J connectivity index is 1.32. The van der Waals surface area contributed by atoms with E-state index in [9.17, 15) is 9.59 Å². The van der Waals surface area contributed by atoms with Gasteiger partial charge in [-0.15, -0.1) is 0 Å². The molecule has 0 aliphatic carbocycles. The molecule has 4 aromatic carbocycles. The molecule has 5 rings (SSSR count). The number of carbonyl (C=O) groups is 2. The van der Waals surface area contributed by atoms with Gasteiger partial charge in [0.2, 0.25) is 11.8 Å². The van der Waals surface area contributed by atoms with E-state index in [1.54, 1.807) is 4.90 Å². The van der Waals surface area contributed by atoms with E-state index in [1.165, 1.54) is 0 Å². The molecule has 39 heavy (non-hydrogen) atoms. The molecular formula is C33H32N4O2. The zero-order chi connectivity index (χ0) is 27.2. The molecule has 0 aliphatic rings. The summed E-state index contributed by atoms with van der Waals surface area (Å²) in [6, 6.07) is 35.2. The number of benzene rings is 4. The third-order valence-corrected chi connectivity index (χ3v) is 6.85. The predicted octanol–water partition coefficient (Wildman–Crippen LogP) is 6.18. The second-order valence-corrected chi connectivity index (χ2v) is 9.55. The van der Waals surface area contributed by atoms with Crippen LogP contribution in [0, 0.1) is 0 Å². The van der Waals surface area contributed by atoms with E-state index in [0.717, 1.165) is 33.4 Å². The SMILES string of the molecule is CCN(C(=O)Cn1c(C(C)NC(=O)Cc2ccc(-c3ccccc3)cc2)nc2ccccc21)c1ccccc1. The Bertz CT molecular complexity index is 1560. The van der Waals surface area contributed by atoms with Gasteiger partial charge in [-0.1, -0.05) is 84.9 Å². The fourth-order valence-corrected chi connectivity index (χ4v) is 4.91. The van der Waals surface area contributed by atoms with Gasteiger partial charge in [-0.25, -0.2) is 4.98 Å². The maximum Gasteiger partial charge on any atom is 0.246 e. The van der Waals surface area contributed by atoms with Gasteiger partial charge in [-0.05, 0) is 54.8 Å². The Hall–Kier alpha value is -4.71. The van der Waals surface area contributed by atoms with E-state index in [0.29, 0.717) is 12.4 Å². The molecule has 1 aromatic heterocycles. The van der Waals surface area contributed by atoms with Gasteiger partial charge < -0.3 is 14.8 Å². The van der Waals surface area contributed by atoms with Crippen LogP contribution in [-0.2, 0) is 22.6 Å². The minimum Gasteiger partial charge on any atom is -0.346 e. The van der Waals surface area contributed by atoms with Crippen LogP contribution in [-0.4, -0.2) is 27.9 Å². The van der Waals surface area contributed by atoms with Crippen molar-refractivity contribution in [2.75, 3.05) is 11.4 Å². The van der Waals surface area contributed by atoms with Crippen molar-refractivity contribution >= 4 is 28.5 Å². The van der Waals surface area contributed by atoms with Crippen LogP contribution in [0.25, 0.3) is 22.2 Å². The van der Waals surface area contributed by atoms with E-state index in [2.05, 4.69) is 17.4 Å². The van der Waals surface area contributed by atoms with Crippen LogP contribution in [0.3, 0.4) is 0 Å². The van der Waals surface area contributed by atoms with Crippen molar-refractivity contribution in [3.8, 4) is 11.1 Å². The van der Waals surface area contributed by atoms with Gasteiger partial charge in [0.15, 0.2) is 0 Å². The standard InChI is InChI=1S/C33H32N4O2/c1-3-36(28-14-8-5-9-15-28)32(39)23-37-30-17-11-10-16-29(30)35-33(37)24(2)34-31(38)22-25-18-20-27(21-19-25)26-12-6-4-7-13-26/h4-21,24H,3,22-23H2,1-2H3,(H,34,38). The largest absolute Gasteiger partial charge is 0.346 e. The summed E-state index contributed by atoms with van der Waals surface area (Å²) in [6.45, 7) is 4.56. The molecule has 0 saturated heterocycles. The van der Waals surface area contributed by atoms with E-state index in [4.69, 9.17) is 4.98 Å². The number of para-hydroxylation sites is 3. The highest BCUT2D eigenvalue weighted by molar-refractivity contribution is 5.94. The van der Waals surface area contributed by atoms with Crippen LogP contribution >= 0.6 is 0 Å². The minimum atomic E-state index is -0.381. The number of likely N-dealkylation sites (N-methyl/N-ethyl adjacent to an activating group) is 1. The summed E-state index contributed by atoms with van der Waals surface area (Å²) in [4.78, 5) is 33.0. The van der Waals surface area contributed by atoms with E-state index in [-0.39, 0.29) is 30.8 Å². The number of carbonyl (C=O) groups excluding carboxylic acids is 2. The lowest BCUT2D eigenvalue weighted by molar-refractivity contribution is -0.121. The summed E-state index contributed by atoms with van der Waals surface area (Å²) < 4.78 is 1.92. The molecule has 0 saturated carbocycles. The van der Waals surface area contributed by atoms with Gasteiger partial charge in [0, 0.05) is 12.2 Å². The maximum atomic E-state index is 13.4. The molecule has 1 unspecified atom stereocenters. The molecule has 6 nitrogen and oxygen atoms in total. The Labute approximate surface area is 228 Å². The first-order chi connectivity index (χ1) is 19.0. The zero-order valence-corrected chi connectivity index (χ0v) is 22.2. The number of fused-ring (bicyclic) bond motifs is 1. The Kier molecular flexibility index (Phi) is 7.83. The second kappa shape index (κ2) is 11.8. The molecule has 1 N–H and O–H groups in total. The van der Waals surface area contributed by atoms with Crippen molar-refractivity contribution in [1.82, 2.24) is 14.9 Å². The number of rotatable bonds is 9. The molecule has 0 aliphatic heterocycles. The number of amides is 2. The predicted molar refractivity (Wildman–Crippen MR) is 156 cm³/mol. The Morgan fingerprint density at radius 1 is 0.821 bits per heavy atom. The highest BCUT2D eigenvalue weighted by Gasteiger charge is 2.22. The topological polar surface area (TPSA) is 67.2 Å². The molecule has 5 aromatic rings. The van der Waals surface area contributed by atoms with E-state index < -0.39 is 0 Å². The summed E-state index contributed by atoms with van der Waals surface area (Å²) in [7, 11) is 0. The van der Waals surface area contributed by atoms with Crippen molar-refractivity contribution in [2.45, 2.75) is 32.9 Å². The van der Waals surface area contributed by atoms with Crippen molar-refractivity contribution in [3.63, 3.8) is 0 Å². The maximum absolute atomic E-state index is 13.4. The monoisotopic (exact) mass is 516 g/mol. The average Bonchev–Trinajstić information content (AvgIpc) is 3.33. The van der Waals surface area contributed by atoms with E-state index in [1.807, 2.05) is 115 Å². The molecule has 196 valence electrons. The van der Waals surface area contributed by atoms with Gasteiger partial charge in [-0.3, -0.25) is 9.59 Å². The summed E-state index contributed by atoms with van der Waals surface area (Å²) in [5.74, 6) is 0.519. The third kappa shape index (κ3) is 5.91. The lowest BCUT2D eigenvalue weighted by Gasteiger charge is -2.23. The fourth-order valence-electron chi connectivity index (χ4n) is 4.91. The molecule has 0 spiro atoms. The van der Waals surface area contributed by atoms with Gasteiger partial charge >= 0.3 is 0 Å². The highest BCUT2D eigenvalue weighted by Crippen LogP contribution is 2.23. The van der Waals surface area contributed by atoms with Crippen LogP contribution < -0.4 is 10.2 Å².